The molecule has 4 nitrogen and oxygen atoms in total. The largest absolute Gasteiger partial charge is 0.461 e. The van der Waals surface area contributed by atoms with E-state index in [4.69, 9.17) is 9.47 Å². The van der Waals surface area contributed by atoms with Crippen LogP contribution in [-0.2, 0) is 19.1 Å². The topological polar surface area (TPSA) is 52.6 Å². The first-order valence-corrected chi connectivity index (χ1v) is 7.34. The van der Waals surface area contributed by atoms with Crippen molar-refractivity contribution in [1.29, 1.82) is 0 Å². The highest BCUT2D eigenvalue weighted by atomic mass is 16.6. The molecule has 1 fully saturated rings. The first-order valence-electron chi connectivity index (χ1n) is 7.34. The van der Waals surface area contributed by atoms with Gasteiger partial charge in [-0.25, -0.2) is 4.79 Å². The van der Waals surface area contributed by atoms with Crippen LogP contribution in [0.15, 0.2) is 35.5 Å². The lowest BCUT2D eigenvalue weighted by molar-refractivity contribution is -0.140. The van der Waals surface area contributed by atoms with Crippen molar-refractivity contribution in [3.8, 4) is 0 Å². The fourth-order valence-electron chi connectivity index (χ4n) is 2.77. The number of hydrogen-bond donors (Lipinski definition) is 0. The van der Waals surface area contributed by atoms with Gasteiger partial charge < -0.3 is 9.47 Å². The van der Waals surface area contributed by atoms with Gasteiger partial charge in [0.05, 0.1) is 0 Å². The van der Waals surface area contributed by atoms with Gasteiger partial charge in [-0.3, -0.25) is 4.79 Å². The molecule has 0 aromatic carbocycles. The van der Waals surface area contributed by atoms with E-state index in [1.54, 1.807) is 0 Å². The van der Waals surface area contributed by atoms with E-state index in [1.807, 2.05) is 0 Å². The lowest BCUT2D eigenvalue weighted by Gasteiger charge is -2.19. The number of fused-ring (bicyclic) bond motifs is 1. The molecule has 1 heterocycles. The zero-order chi connectivity index (χ0) is 15.4. The molecule has 4 heteroatoms. The maximum atomic E-state index is 11.7. The van der Waals surface area contributed by atoms with Crippen LogP contribution in [0, 0.1) is 5.92 Å². The number of rotatable bonds is 2. The van der Waals surface area contributed by atoms with Crippen LogP contribution in [0.25, 0.3) is 0 Å². The Kier molecular flexibility index (Phi) is 4.99. The standard InChI is InChI=1S/C17H22O4/c1-11-5-4-6-14(10-20-13(3)18)7-8-15-12(2)17(19)21-16(15)9-11/h5,7,15-16H,2,4,6,8-10H2,1,3H3. The Morgan fingerprint density at radius 1 is 1.48 bits per heavy atom. The molecule has 0 N–H and O–H groups in total. The number of carbonyl (C=O) groups is 2. The molecule has 1 saturated heterocycles. The molecule has 0 aromatic rings. The summed E-state index contributed by atoms with van der Waals surface area (Å²) in [5.41, 5.74) is 2.86. The van der Waals surface area contributed by atoms with Crippen molar-refractivity contribution in [3.63, 3.8) is 0 Å². The van der Waals surface area contributed by atoms with Crippen LogP contribution < -0.4 is 0 Å². The van der Waals surface area contributed by atoms with E-state index in [-0.39, 0.29) is 24.0 Å². The fraction of sp³-hybridized carbons (Fsp3) is 0.529. The van der Waals surface area contributed by atoms with Crippen molar-refractivity contribution < 1.29 is 19.1 Å². The number of allylic oxidation sites excluding steroid dienone is 2. The van der Waals surface area contributed by atoms with Crippen molar-refractivity contribution >= 4 is 11.9 Å². The summed E-state index contributed by atoms with van der Waals surface area (Å²) in [5, 5.41) is 0. The molecule has 21 heavy (non-hydrogen) atoms. The maximum absolute atomic E-state index is 11.7. The van der Waals surface area contributed by atoms with Gasteiger partial charge in [0.2, 0.25) is 0 Å². The molecule has 2 unspecified atom stereocenters. The van der Waals surface area contributed by atoms with Crippen molar-refractivity contribution in [3.05, 3.63) is 35.5 Å². The Bertz CT molecular complexity index is 513. The molecule has 0 bridgehead atoms. The van der Waals surface area contributed by atoms with Crippen molar-refractivity contribution in [2.75, 3.05) is 6.61 Å². The second-order valence-electron chi connectivity index (χ2n) is 5.75. The Hall–Kier alpha value is -1.84. The molecule has 2 rings (SSSR count). The molecule has 0 radical (unpaired) electrons. The lowest BCUT2D eigenvalue weighted by atomic mass is 9.88. The Morgan fingerprint density at radius 3 is 2.95 bits per heavy atom. The van der Waals surface area contributed by atoms with E-state index in [0.717, 1.165) is 24.8 Å². The third-order valence-electron chi connectivity index (χ3n) is 4.02. The van der Waals surface area contributed by atoms with Crippen molar-refractivity contribution in [2.24, 2.45) is 5.92 Å². The fourth-order valence-corrected chi connectivity index (χ4v) is 2.77. The van der Waals surface area contributed by atoms with Gasteiger partial charge in [0.15, 0.2) is 0 Å². The second kappa shape index (κ2) is 6.74. The van der Waals surface area contributed by atoms with Gasteiger partial charge in [-0.1, -0.05) is 24.3 Å². The summed E-state index contributed by atoms with van der Waals surface area (Å²) >= 11 is 0. The normalized spacial score (nSPS) is 26.4. The molecule has 114 valence electrons. The zero-order valence-corrected chi connectivity index (χ0v) is 12.7. The Morgan fingerprint density at radius 2 is 2.24 bits per heavy atom. The second-order valence-corrected chi connectivity index (χ2v) is 5.75. The number of esters is 2. The molecule has 0 amide bonds. The Balaban J connectivity index is 2.15. The molecular weight excluding hydrogens is 268 g/mol. The molecule has 0 spiro atoms. The lowest BCUT2D eigenvalue weighted by Crippen LogP contribution is -2.17. The van der Waals surface area contributed by atoms with Gasteiger partial charge in [0, 0.05) is 24.8 Å². The quantitative estimate of drug-likeness (QED) is 0.445. The first-order chi connectivity index (χ1) is 9.97. The minimum Gasteiger partial charge on any atom is -0.461 e. The van der Waals surface area contributed by atoms with Crippen molar-refractivity contribution in [1.82, 2.24) is 0 Å². The molecule has 1 aliphatic carbocycles. The van der Waals surface area contributed by atoms with Crippen LogP contribution in [0.5, 0.6) is 0 Å². The highest BCUT2D eigenvalue weighted by molar-refractivity contribution is 5.90. The molecule has 0 aromatic heterocycles. The third kappa shape index (κ3) is 4.06. The van der Waals surface area contributed by atoms with Gasteiger partial charge in [-0.15, -0.1) is 0 Å². The summed E-state index contributed by atoms with van der Waals surface area (Å²) in [5.74, 6) is -0.542. The van der Waals surface area contributed by atoms with Crippen LogP contribution in [-0.4, -0.2) is 24.6 Å². The smallest absolute Gasteiger partial charge is 0.334 e. The minimum absolute atomic E-state index is 0.0197. The van der Waals surface area contributed by atoms with Crippen molar-refractivity contribution in [2.45, 2.75) is 45.6 Å². The van der Waals surface area contributed by atoms with Crippen LogP contribution >= 0.6 is 0 Å². The maximum Gasteiger partial charge on any atom is 0.334 e. The van der Waals surface area contributed by atoms with Crippen LogP contribution in [0.3, 0.4) is 0 Å². The highest BCUT2D eigenvalue weighted by Gasteiger charge is 2.37. The predicted octanol–water partition coefficient (Wildman–Crippen LogP) is 3.09. The number of ether oxygens (including phenoxy) is 2. The monoisotopic (exact) mass is 290 g/mol. The highest BCUT2D eigenvalue weighted by Crippen LogP contribution is 2.34. The summed E-state index contributed by atoms with van der Waals surface area (Å²) in [6, 6.07) is 0. The van der Waals surface area contributed by atoms with Gasteiger partial charge in [-0.05, 0) is 31.8 Å². The average Bonchev–Trinajstić information content (AvgIpc) is 2.67. The van der Waals surface area contributed by atoms with Crippen LogP contribution in [0.1, 0.15) is 39.5 Å². The summed E-state index contributed by atoms with van der Waals surface area (Å²) in [6.45, 7) is 7.65. The van der Waals surface area contributed by atoms with Gasteiger partial charge >= 0.3 is 11.9 Å². The molecule has 1 aliphatic heterocycles. The summed E-state index contributed by atoms with van der Waals surface area (Å²) in [7, 11) is 0. The van der Waals surface area contributed by atoms with E-state index in [0.29, 0.717) is 18.6 Å². The molecular formula is C17H22O4. The first kappa shape index (κ1) is 15.5. The zero-order valence-electron chi connectivity index (χ0n) is 12.7. The van der Waals surface area contributed by atoms with Crippen LogP contribution in [0.2, 0.25) is 0 Å². The summed E-state index contributed by atoms with van der Waals surface area (Å²) in [4.78, 5) is 22.7. The molecule has 2 atom stereocenters. The average molecular weight is 290 g/mol. The van der Waals surface area contributed by atoms with E-state index in [2.05, 4.69) is 25.7 Å². The van der Waals surface area contributed by atoms with E-state index < -0.39 is 0 Å². The number of hydrogen-bond acceptors (Lipinski definition) is 4. The number of carbonyl (C=O) groups excluding carboxylic acids is 2. The Labute approximate surface area is 125 Å². The summed E-state index contributed by atoms with van der Waals surface area (Å²) in [6.07, 6.45) is 7.36. The SMILES string of the molecule is C=C1C(=O)OC2CC(C)=CCCC(COC(C)=O)=CCC12. The minimum atomic E-state index is -0.285. The molecule has 0 saturated carbocycles. The van der Waals surface area contributed by atoms with Gasteiger partial charge in [0.1, 0.15) is 12.7 Å². The van der Waals surface area contributed by atoms with E-state index >= 15 is 0 Å². The van der Waals surface area contributed by atoms with Gasteiger partial charge in [0.25, 0.3) is 0 Å². The predicted molar refractivity (Wildman–Crippen MR) is 79.5 cm³/mol. The van der Waals surface area contributed by atoms with E-state index in [9.17, 15) is 9.59 Å². The van der Waals surface area contributed by atoms with E-state index in [1.165, 1.54) is 12.5 Å². The molecule has 2 aliphatic rings. The third-order valence-corrected chi connectivity index (χ3v) is 4.02. The van der Waals surface area contributed by atoms with Crippen LogP contribution in [0.4, 0.5) is 0 Å². The van der Waals surface area contributed by atoms with Gasteiger partial charge in [-0.2, -0.15) is 0 Å². The summed E-state index contributed by atoms with van der Waals surface area (Å²) < 4.78 is 10.5.